The second-order valence-corrected chi connectivity index (χ2v) is 19.8. The zero-order valence-corrected chi connectivity index (χ0v) is 25.6. The van der Waals surface area contributed by atoms with Crippen molar-refractivity contribution in [3.8, 4) is 0 Å². The Bertz CT molecular complexity index is 344. The van der Waals surface area contributed by atoms with Gasteiger partial charge in [0.15, 0.2) is 0 Å². The molecule has 204 valence electrons. The average Bonchev–Trinajstić information content (AvgIpc) is 2.84. The van der Waals surface area contributed by atoms with Crippen LogP contribution in [0.25, 0.3) is 0 Å². The molecular weight excluding hydrogens is 415 g/mol. The third kappa shape index (κ3) is 16.7. The van der Waals surface area contributed by atoms with Crippen molar-refractivity contribution >= 4 is 6.60 Å². The molecule has 1 heteroatoms. The molecule has 0 heterocycles. The van der Waals surface area contributed by atoms with Crippen LogP contribution in [0.15, 0.2) is 0 Å². The molecule has 0 nitrogen and oxygen atoms in total. The Morgan fingerprint density at radius 2 is 0.455 bits per heavy atom. The summed E-state index contributed by atoms with van der Waals surface area (Å²) in [5.41, 5.74) is 0. The Balaban J connectivity index is 4.40. The number of hydrogen-bond acceptors (Lipinski definition) is 0. The average molecular weight is 486 g/mol. The number of rotatable bonds is 27. The van der Waals surface area contributed by atoms with Crippen molar-refractivity contribution in [2.24, 2.45) is 0 Å². The van der Waals surface area contributed by atoms with Gasteiger partial charge in [-0.2, -0.15) is 0 Å². The Kier molecular flexibility index (Phi) is 23.2. The van der Waals surface area contributed by atoms with E-state index < -0.39 is 6.60 Å². The van der Waals surface area contributed by atoms with Crippen LogP contribution in [0.4, 0.5) is 0 Å². The van der Waals surface area contributed by atoms with Gasteiger partial charge >= 0.3 is 187 Å². The maximum absolute atomic E-state index is 2.43. The maximum atomic E-state index is 2.43. The van der Waals surface area contributed by atoms with E-state index in [1.165, 1.54) is 135 Å². The SMILES string of the molecule is CCCCCCCCCCCCCCCC[PH-](CCCC)(CCCC)(CCCC)CCCC. The molecule has 0 aromatic rings. The van der Waals surface area contributed by atoms with Crippen molar-refractivity contribution in [1.29, 1.82) is 0 Å². The first-order valence-corrected chi connectivity index (χ1v) is 19.8. The molecule has 0 unspecified atom stereocenters. The van der Waals surface area contributed by atoms with E-state index in [1.807, 2.05) is 0 Å². The van der Waals surface area contributed by atoms with Crippen molar-refractivity contribution in [3.05, 3.63) is 0 Å². The zero-order valence-electron chi connectivity index (χ0n) is 24.6. The molecule has 0 saturated carbocycles. The first-order chi connectivity index (χ1) is 16.1. The first-order valence-electron chi connectivity index (χ1n) is 16.3. The Morgan fingerprint density at radius 3 is 0.727 bits per heavy atom. The van der Waals surface area contributed by atoms with Gasteiger partial charge in [0.25, 0.3) is 0 Å². The van der Waals surface area contributed by atoms with E-state index in [0.717, 1.165) is 0 Å². The van der Waals surface area contributed by atoms with Gasteiger partial charge in [-0.3, -0.25) is 0 Å². The monoisotopic (exact) mass is 486 g/mol. The van der Waals surface area contributed by atoms with Crippen molar-refractivity contribution in [2.45, 2.75) is 176 Å². The van der Waals surface area contributed by atoms with Crippen LogP contribution in [0.5, 0.6) is 0 Å². The van der Waals surface area contributed by atoms with Crippen molar-refractivity contribution in [1.82, 2.24) is 0 Å². The van der Waals surface area contributed by atoms with E-state index >= 15 is 0 Å². The molecule has 0 radical (unpaired) electrons. The van der Waals surface area contributed by atoms with Crippen molar-refractivity contribution < 1.29 is 0 Å². The van der Waals surface area contributed by atoms with E-state index in [1.54, 1.807) is 37.2 Å². The van der Waals surface area contributed by atoms with Gasteiger partial charge in [0.05, 0.1) is 0 Å². The van der Waals surface area contributed by atoms with Crippen LogP contribution in [0.1, 0.15) is 176 Å². The number of hydrogen-bond donors (Lipinski definition) is 0. The fourth-order valence-electron chi connectivity index (χ4n) is 6.78. The molecule has 0 spiro atoms. The van der Waals surface area contributed by atoms with Gasteiger partial charge in [0, 0.05) is 0 Å². The van der Waals surface area contributed by atoms with Crippen LogP contribution < -0.4 is 0 Å². The molecule has 0 aromatic heterocycles. The van der Waals surface area contributed by atoms with Crippen LogP contribution >= 0.6 is 6.60 Å². The van der Waals surface area contributed by atoms with Gasteiger partial charge in [-0.1, -0.05) is 26.2 Å². The molecule has 0 saturated heterocycles. The minimum atomic E-state index is -1.83. The molecule has 0 aromatic carbocycles. The Morgan fingerprint density at radius 1 is 0.242 bits per heavy atom. The van der Waals surface area contributed by atoms with Crippen LogP contribution in [0, 0.1) is 0 Å². The van der Waals surface area contributed by atoms with Gasteiger partial charge in [0.2, 0.25) is 0 Å². The fraction of sp³-hybridized carbons (Fsp3) is 1.00. The normalized spacial score (nSPS) is 13.3. The van der Waals surface area contributed by atoms with Crippen molar-refractivity contribution in [3.63, 3.8) is 0 Å². The van der Waals surface area contributed by atoms with Gasteiger partial charge in [0.1, 0.15) is 0 Å². The molecular formula is C32H70P-. The summed E-state index contributed by atoms with van der Waals surface area (Å²) in [5, 5.41) is 0. The molecule has 0 aliphatic heterocycles. The molecule has 0 aliphatic carbocycles. The summed E-state index contributed by atoms with van der Waals surface area (Å²) in [6, 6.07) is 0. The third-order valence-corrected chi connectivity index (χ3v) is 18.0. The molecule has 33 heavy (non-hydrogen) atoms. The van der Waals surface area contributed by atoms with E-state index in [0.29, 0.717) is 0 Å². The molecule has 0 rings (SSSR count). The third-order valence-electron chi connectivity index (χ3n) is 9.19. The topological polar surface area (TPSA) is 0 Å². The minimum absolute atomic E-state index is 1.37. The number of unbranched alkanes of at least 4 members (excludes halogenated alkanes) is 17. The summed E-state index contributed by atoms with van der Waals surface area (Å²) in [6.07, 6.45) is 40.8. The Labute approximate surface area is 213 Å². The summed E-state index contributed by atoms with van der Waals surface area (Å²) in [5.74, 6) is 0. The van der Waals surface area contributed by atoms with E-state index in [4.69, 9.17) is 0 Å². The molecule has 0 N–H and O–H groups in total. The van der Waals surface area contributed by atoms with Gasteiger partial charge < -0.3 is 0 Å². The van der Waals surface area contributed by atoms with E-state index in [9.17, 15) is 0 Å². The first kappa shape index (κ1) is 33.4. The summed E-state index contributed by atoms with van der Waals surface area (Å²) in [6.45, 7) is 10.2. The predicted octanol–water partition coefficient (Wildman–Crippen LogP) is 12.0. The Hall–Kier alpha value is 0.430. The summed E-state index contributed by atoms with van der Waals surface area (Å²) in [7, 11) is 0. The second-order valence-electron chi connectivity index (χ2n) is 12.3. The second kappa shape index (κ2) is 22.9. The van der Waals surface area contributed by atoms with Crippen LogP contribution in [0.3, 0.4) is 0 Å². The molecule has 0 fully saturated rings. The fourth-order valence-corrected chi connectivity index (χ4v) is 15.9. The van der Waals surface area contributed by atoms with Gasteiger partial charge in [-0.25, -0.2) is 0 Å². The standard InChI is InChI=1S/C32H70P/c1-6-11-16-17-18-19-20-21-22-23-24-25-26-27-32-33(28-12-7-2,29-13-8-3,30-14-9-4)31-15-10-5/h33H,6-32H2,1-5H3/q-1. The summed E-state index contributed by atoms with van der Waals surface area (Å²) < 4.78 is 0. The van der Waals surface area contributed by atoms with Gasteiger partial charge in [-0.15, -0.1) is 0 Å². The molecule has 0 bridgehead atoms. The summed E-state index contributed by atoms with van der Waals surface area (Å²) >= 11 is 0. The quantitative estimate of drug-likeness (QED) is 0.0801. The zero-order chi connectivity index (χ0) is 24.5. The van der Waals surface area contributed by atoms with Crippen LogP contribution in [0.2, 0.25) is 0 Å². The van der Waals surface area contributed by atoms with Crippen LogP contribution in [-0.4, -0.2) is 30.8 Å². The molecule has 0 atom stereocenters. The van der Waals surface area contributed by atoms with Crippen molar-refractivity contribution in [2.75, 3.05) is 30.8 Å². The summed E-state index contributed by atoms with van der Waals surface area (Å²) in [4.78, 5) is 0. The molecule has 0 amide bonds. The van der Waals surface area contributed by atoms with Crippen LogP contribution in [-0.2, 0) is 0 Å². The van der Waals surface area contributed by atoms with Gasteiger partial charge in [-0.05, 0) is 0 Å². The van der Waals surface area contributed by atoms with E-state index in [2.05, 4.69) is 34.6 Å². The molecule has 0 aliphatic rings. The predicted molar refractivity (Wildman–Crippen MR) is 163 cm³/mol. The van der Waals surface area contributed by atoms with E-state index in [-0.39, 0.29) is 0 Å².